The number of aryl methyl sites for hydroxylation is 2. The summed E-state index contributed by atoms with van der Waals surface area (Å²) in [5, 5.41) is 8.48. The van der Waals surface area contributed by atoms with Crippen LogP contribution in [-0.2, 0) is 12.8 Å². The molecule has 0 amide bonds. The molecule has 5 heteroatoms. The molecular weight excluding hydrogens is 268 g/mol. The predicted octanol–water partition coefficient (Wildman–Crippen LogP) is 2.19. The molecule has 3 N–H and O–H groups in total. The van der Waals surface area contributed by atoms with Gasteiger partial charge in [-0.3, -0.25) is 5.41 Å². The van der Waals surface area contributed by atoms with Crippen LogP contribution < -0.4 is 10.6 Å². The second-order valence-corrected chi connectivity index (χ2v) is 7.26. The highest BCUT2D eigenvalue weighted by molar-refractivity contribution is 8.00. The molecule has 1 aromatic heterocycles. The number of nitrogens with two attached hydrogens (primary N) is 1. The predicted molar refractivity (Wildman–Crippen MR) is 86.0 cm³/mol. The normalized spacial score (nSPS) is 22.4. The summed E-state index contributed by atoms with van der Waals surface area (Å²) in [6.07, 6.45) is 4.60. The minimum absolute atomic E-state index is 0.145. The summed E-state index contributed by atoms with van der Waals surface area (Å²) in [7, 11) is 0. The Labute approximate surface area is 124 Å². The SMILES string of the molecule is CC1CN(c2nc3c(cc2C(=N)N)CCCC3)CCS1. The van der Waals surface area contributed by atoms with E-state index >= 15 is 0 Å². The third kappa shape index (κ3) is 2.64. The van der Waals surface area contributed by atoms with Gasteiger partial charge in [0.05, 0.1) is 5.56 Å². The summed E-state index contributed by atoms with van der Waals surface area (Å²) in [5.74, 6) is 2.20. The summed E-state index contributed by atoms with van der Waals surface area (Å²) in [5.41, 5.74) is 9.14. The molecule has 108 valence electrons. The minimum Gasteiger partial charge on any atom is -0.384 e. The van der Waals surface area contributed by atoms with Crippen molar-refractivity contribution in [3.8, 4) is 0 Å². The van der Waals surface area contributed by atoms with Crippen LogP contribution in [0, 0.1) is 5.41 Å². The number of thioether (sulfide) groups is 1. The van der Waals surface area contributed by atoms with Crippen molar-refractivity contribution in [2.75, 3.05) is 23.7 Å². The van der Waals surface area contributed by atoms with E-state index in [1.54, 1.807) is 0 Å². The molecule has 1 aliphatic heterocycles. The number of nitrogens with zero attached hydrogens (tertiary/aromatic N) is 2. The van der Waals surface area contributed by atoms with Gasteiger partial charge in [0.15, 0.2) is 0 Å². The second kappa shape index (κ2) is 5.64. The first-order valence-electron chi connectivity index (χ1n) is 7.39. The molecule has 2 heterocycles. The average Bonchev–Trinajstić information content (AvgIpc) is 2.46. The number of nitrogens with one attached hydrogen (secondary N) is 1. The first-order valence-corrected chi connectivity index (χ1v) is 8.44. The number of anilines is 1. The maximum Gasteiger partial charge on any atom is 0.139 e. The van der Waals surface area contributed by atoms with E-state index in [4.69, 9.17) is 16.1 Å². The lowest BCUT2D eigenvalue weighted by Crippen LogP contribution is -2.39. The van der Waals surface area contributed by atoms with E-state index in [2.05, 4.69) is 17.9 Å². The van der Waals surface area contributed by atoms with Crippen LogP contribution in [0.25, 0.3) is 0 Å². The van der Waals surface area contributed by atoms with Crippen molar-refractivity contribution in [1.82, 2.24) is 4.98 Å². The first-order chi connectivity index (χ1) is 9.65. The molecule has 0 spiro atoms. The average molecular weight is 290 g/mol. The molecule has 20 heavy (non-hydrogen) atoms. The van der Waals surface area contributed by atoms with Gasteiger partial charge < -0.3 is 10.6 Å². The Morgan fingerprint density at radius 1 is 1.45 bits per heavy atom. The van der Waals surface area contributed by atoms with Crippen LogP contribution >= 0.6 is 11.8 Å². The molecule has 0 radical (unpaired) electrons. The third-order valence-corrected chi connectivity index (χ3v) is 5.25. The van der Waals surface area contributed by atoms with Crippen LogP contribution in [0.1, 0.15) is 36.6 Å². The zero-order chi connectivity index (χ0) is 14.1. The van der Waals surface area contributed by atoms with E-state index in [-0.39, 0.29) is 5.84 Å². The van der Waals surface area contributed by atoms with Crippen molar-refractivity contribution >= 4 is 23.4 Å². The third-order valence-electron chi connectivity index (χ3n) is 4.11. The number of fused-ring (bicyclic) bond motifs is 1. The lowest BCUT2D eigenvalue weighted by molar-refractivity contribution is 0.662. The summed E-state index contributed by atoms with van der Waals surface area (Å²) in [6.45, 7) is 4.25. The summed E-state index contributed by atoms with van der Waals surface area (Å²) >= 11 is 2.01. The Morgan fingerprint density at radius 2 is 2.25 bits per heavy atom. The van der Waals surface area contributed by atoms with Crippen molar-refractivity contribution in [1.29, 1.82) is 5.41 Å². The van der Waals surface area contributed by atoms with Gasteiger partial charge in [0.25, 0.3) is 0 Å². The maximum absolute atomic E-state index is 7.87. The molecule has 0 saturated carbocycles. The number of hydrogen-bond acceptors (Lipinski definition) is 4. The van der Waals surface area contributed by atoms with Gasteiger partial charge in [-0.25, -0.2) is 4.98 Å². The van der Waals surface area contributed by atoms with Crippen LogP contribution in [0.4, 0.5) is 5.82 Å². The Balaban J connectivity index is 2.01. The zero-order valence-corrected chi connectivity index (χ0v) is 12.8. The smallest absolute Gasteiger partial charge is 0.139 e. The van der Waals surface area contributed by atoms with Gasteiger partial charge in [-0.2, -0.15) is 11.8 Å². The zero-order valence-electron chi connectivity index (χ0n) is 12.0. The van der Waals surface area contributed by atoms with E-state index in [1.165, 1.54) is 24.1 Å². The van der Waals surface area contributed by atoms with Crippen molar-refractivity contribution in [2.45, 2.75) is 37.9 Å². The molecule has 1 saturated heterocycles. The monoisotopic (exact) mass is 290 g/mol. The van der Waals surface area contributed by atoms with E-state index in [0.29, 0.717) is 5.25 Å². The molecule has 4 nitrogen and oxygen atoms in total. The molecule has 0 bridgehead atoms. The molecular formula is C15H22N4S. The number of hydrogen-bond donors (Lipinski definition) is 2. The van der Waals surface area contributed by atoms with Gasteiger partial charge >= 0.3 is 0 Å². The summed E-state index contributed by atoms with van der Waals surface area (Å²) < 4.78 is 0. The Morgan fingerprint density at radius 3 is 3.00 bits per heavy atom. The van der Waals surface area contributed by atoms with Crippen LogP contribution in [0.5, 0.6) is 0 Å². The quantitative estimate of drug-likeness (QED) is 0.647. The van der Waals surface area contributed by atoms with E-state index in [1.807, 2.05) is 11.8 Å². The molecule has 0 aromatic carbocycles. The first kappa shape index (κ1) is 13.7. The standard InChI is InChI=1S/C15H22N4S/c1-10-9-19(6-7-20-10)15-12(14(16)17)8-11-4-2-3-5-13(11)18-15/h8,10H,2-7,9H2,1H3,(H3,16,17). The van der Waals surface area contributed by atoms with Gasteiger partial charge in [-0.1, -0.05) is 6.92 Å². The van der Waals surface area contributed by atoms with Crippen molar-refractivity contribution in [3.05, 3.63) is 22.9 Å². The topological polar surface area (TPSA) is 66.0 Å². The second-order valence-electron chi connectivity index (χ2n) is 5.71. The molecule has 1 aromatic rings. The van der Waals surface area contributed by atoms with Crippen LogP contribution in [-0.4, -0.2) is 34.9 Å². The van der Waals surface area contributed by atoms with E-state index < -0.39 is 0 Å². The molecule has 1 unspecified atom stereocenters. The highest BCUT2D eigenvalue weighted by Crippen LogP contribution is 2.29. The fraction of sp³-hybridized carbons (Fsp3) is 0.600. The van der Waals surface area contributed by atoms with Gasteiger partial charge in [-0.05, 0) is 37.3 Å². The Kier molecular flexibility index (Phi) is 3.87. The fourth-order valence-corrected chi connectivity index (χ4v) is 4.09. The Bertz CT molecular complexity index is 529. The number of aromatic nitrogens is 1. The lowest BCUT2D eigenvalue weighted by atomic mass is 9.94. The number of rotatable bonds is 2. The molecule has 1 fully saturated rings. The maximum atomic E-state index is 7.87. The van der Waals surface area contributed by atoms with Crippen LogP contribution in [0.2, 0.25) is 0 Å². The molecule has 2 aliphatic rings. The van der Waals surface area contributed by atoms with Crippen molar-refractivity contribution in [3.63, 3.8) is 0 Å². The highest BCUT2D eigenvalue weighted by Gasteiger charge is 2.24. The molecule has 1 aliphatic carbocycles. The summed E-state index contributed by atoms with van der Waals surface area (Å²) in [4.78, 5) is 7.20. The highest BCUT2D eigenvalue weighted by atomic mass is 32.2. The van der Waals surface area contributed by atoms with Crippen molar-refractivity contribution in [2.24, 2.45) is 5.73 Å². The molecule has 3 rings (SSSR count). The number of amidine groups is 1. The van der Waals surface area contributed by atoms with E-state index in [0.717, 1.165) is 43.1 Å². The number of nitrogen functional groups attached to an aromatic ring is 1. The molecule has 1 atom stereocenters. The summed E-state index contributed by atoms with van der Waals surface area (Å²) in [6, 6.07) is 2.12. The number of pyridine rings is 1. The van der Waals surface area contributed by atoms with Crippen LogP contribution in [0.3, 0.4) is 0 Å². The largest absolute Gasteiger partial charge is 0.384 e. The van der Waals surface area contributed by atoms with Crippen molar-refractivity contribution < 1.29 is 0 Å². The minimum atomic E-state index is 0.145. The van der Waals surface area contributed by atoms with Gasteiger partial charge in [0, 0.05) is 29.8 Å². The lowest BCUT2D eigenvalue weighted by Gasteiger charge is -2.33. The van der Waals surface area contributed by atoms with E-state index in [9.17, 15) is 0 Å². The Hall–Kier alpha value is -1.23. The fourth-order valence-electron chi connectivity index (χ4n) is 3.07. The van der Waals surface area contributed by atoms with Gasteiger partial charge in [-0.15, -0.1) is 0 Å². The van der Waals surface area contributed by atoms with Gasteiger partial charge in [0.2, 0.25) is 0 Å². The van der Waals surface area contributed by atoms with Gasteiger partial charge in [0.1, 0.15) is 11.7 Å². The van der Waals surface area contributed by atoms with Crippen LogP contribution in [0.15, 0.2) is 6.07 Å².